The molecule has 0 heterocycles. The Morgan fingerprint density at radius 3 is 2.43 bits per heavy atom. The summed E-state index contributed by atoms with van der Waals surface area (Å²) in [7, 11) is 0. The van der Waals surface area contributed by atoms with Crippen LogP contribution < -0.4 is 10.1 Å². The lowest BCUT2D eigenvalue weighted by atomic mass is 10.1. The first-order valence-corrected chi connectivity index (χ1v) is 8.04. The number of nitrogens with one attached hydrogen (secondary N) is 1. The average Bonchev–Trinajstić information content (AvgIpc) is 2.44. The topological polar surface area (TPSA) is 38.3 Å². The highest BCUT2D eigenvalue weighted by atomic mass is 35.5. The standard InChI is InChI=1S/C17H26ClNO2/c1-5-6-7-8-9-19-17(20)14(4)21-15-10-12(2)16(18)13(3)11-15/h10-11,14H,5-9H2,1-4H3,(H,19,20). The number of hydrogen-bond acceptors (Lipinski definition) is 2. The van der Waals surface area contributed by atoms with Gasteiger partial charge in [-0.15, -0.1) is 0 Å². The quantitative estimate of drug-likeness (QED) is 0.722. The third kappa shape index (κ3) is 5.96. The van der Waals surface area contributed by atoms with Crippen molar-refractivity contribution in [2.45, 2.75) is 59.5 Å². The van der Waals surface area contributed by atoms with Crippen LogP contribution in [0.25, 0.3) is 0 Å². The van der Waals surface area contributed by atoms with Crippen molar-refractivity contribution in [3.8, 4) is 5.75 Å². The van der Waals surface area contributed by atoms with Crippen molar-refractivity contribution >= 4 is 17.5 Å². The van der Waals surface area contributed by atoms with Gasteiger partial charge in [-0.3, -0.25) is 4.79 Å². The van der Waals surface area contributed by atoms with Crippen LogP contribution in [0.15, 0.2) is 12.1 Å². The second-order valence-electron chi connectivity index (χ2n) is 5.48. The fourth-order valence-electron chi connectivity index (χ4n) is 2.14. The van der Waals surface area contributed by atoms with Crippen LogP contribution in [0.1, 0.15) is 50.7 Å². The van der Waals surface area contributed by atoms with Gasteiger partial charge < -0.3 is 10.1 Å². The molecule has 0 fully saturated rings. The Balaban J connectivity index is 2.45. The van der Waals surface area contributed by atoms with Crippen molar-refractivity contribution in [2.24, 2.45) is 0 Å². The lowest BCUT2D eigenvalue weighted by Crippen LogP contribution is -2.36. The summed E-state index contributed by atoms with van der Waals surface area (Å²) in [5.74, 6) is 0.611. The molecule has 0 saturated heterocycles. The Morgan fingerprint density at radius 1 is 1.24 bits per heavy atom. The van der Waals surface area contributed by atoms with Gasteiger partial charge in [-0.05, 0) is 50.5 Å². The predicted molar refractivity (Wildman–Crippen MR) is 88.2 cm³/mol. The molecule has 0 radical (unpaired) electrons. The van der Waals surface area contributed by atoms with E-state index in [2.05, 4.69) is 12.2 Å². The highest BCUT2D eigenvalue weighted by Crippen LogP contribution is 2.26. The van der Waals surface area contributed by atoms with E-state index in [0.717, 1.165) is 29.0 Å². The molecule has 0 aliphatic rings. The molecule has 1 unspecified atom stereocenters. The zero-order valence-electron chi connectivity index (χ0n) is 13.5. The normalized spacial score (nSPS) is 12.0. The Hall–Kier alpha value is -1.22. The van der Waals surface area contributed by atoms with Crippen LogP contribution in [0, 0.1) is 13.8 Å². The van der Waals surface area contributed by atoms with Crippen molar-refractivity contribution in [2.75, 3.05) is 6.54 Å². The van der Waals surface area contributed by atoms with E-state index in [1.54, 1.807) is 6.92 Å². The minimum Gasteiger partial charge on any atom is -0.481 e. The molecule has 0 aliphatic heterocycles. The molecule has 0 bridgehead atoms. The van der Waals surface area contributed by atoms with Crippen LogP contribution in [0.5, 0.6) is 5.75 Å². The zero-order chi connectivity index (χ0) is 15.8. The summed E-state index contributed by atoms with van der Waals surface area (Å²) >= 11 is 6.12. The predicted octanol–water partition coefficient (Wildman–Crippen LogP) is 4.42. The Kier molecular flexibility index (Phi) is 7.58. The number of aryl methyl sites for hydroxylation is 2. The minimum atomic E-state index is -0.504. The number of carbonyl (C=O) groups excluding carboxylic acids is 1. The van der Waals surface area contributed by atoms with Gasteiger partial charge in [-0.25, -0.2) is 0 Å². The van der Waals surface area contributed by atoms with Crippen molar-refractivity contribution < 1.29 is 9.53 Å². The molecule has 0 aliphatic carbocycles. The molecule has 1 atom stereocenters. The molecule has 1 rings (SSSR count). The molecule has 0 aromatic heterocycles. The fraction of sp³-hybridized carbons (Fsp3) is 0.588. The number of benzene rings is 1. The molecule has 1 aromatic carbocycles. The van der Waals surface area contributed by atoms with Crippen LogP contribution >= 0.6 is 11.6 Å². The molecule has 21 heavy (non-hydrogen) atoms. The van der Waals surface area contributed by atoms with Gasteiger partial charge in [0.05, 0.1) is 0 Å². The van der Waals surface area contributed by atoms with E-state index in [1.807, 2.05) is 26.0 Å². The maximum Gasteiger partial charge on any atom is 0.260 e. The van der Waals surface area contributed by atoms with Gasteiger partial charge in [0.1, 0.15) is 5.75 Å². The van der Waals surface area contributed by atoms with Gasteiger partial charge >= 0.3 is 0 Å². The first-order valence-electron chi connectivity index (χ1n) is 7.66. The van der Waals surface area contributed by atoms with E-state index in [-0.39, 0.29) is 5.91 Å². The SMILES string of the molecule is CCCCCCNC(=O)C(C)Oc1cc(C)c(Cl)c(C)c1. The summed E-state index contributed by atoms with van der Waals surface area (Å²) in [6.45, 7) is 8.51. The number of halogens is 1. The van der Waals surface area contributed by atoms with E-state index in [4.69, 9.17) is 16.3 Å². The van der Waals surface area contributed by atoms with E-state index in [9.17, 15) is 4.79 Å². The fourth-order valence-corrected chi connectivity index (χ4v) is 2.25. The molecule has 4 heteroatoms. The Morgan fingerprint density at radius 2 is 1.86 bits per heavy atom. The number of ether oxygens (including phenoxy) is 1. The third-order valence-electron chi connectivity index (χ3n) is 3.42. The van der Waals surface area contributed by atoms with Gasteiger partial charge in [0, 0.05) is 11.6 Å². The van der Waals surface area contributed by atoms with Gasteiger partial charge in [0.25, 0.3) is 5.91 Å². The number of amides is 1. The third-order valence-corrected chi connectivity index (χ3v) is 4.02. The highest BCUT2D eigenvalue weighted by Gasteiger charge is 2.15. The number of carbonyl (C=O) groups is 1. The summed E-state index contributed by atoms with van der Waals surface area (Å²) < 4.78 is 5.70. The number of rotatable bonds is 8. The van der Waals surface area contributed by atoms with Crippen LogP contribution in [-0.2, 0) is 4.79 Å². The maximum atomic E-state index is 12.0. The molecule has 118 valence electrons. The number of hydrogen-bond donors (Lipinski definition) is 1. The number of unbranched alkanes of at least 4 members (excludes halogenated alkanes) is 3. The molecular formula is C17H26ClNO2. The highest BCUT2D eigenvalue weighted by molar-refractivity contribution is 6.32. The second-order valence-corrected chi connectivity index (χ2v) is 5.86. The van der Waals surface area contributed by atoms with Gasteiger partial charge in [0.15, 0.2) is 6.10 Å². The van der Waals surface area contributed by atoms with E-state index < -0.39 is 6.10 Å². The van der Waals surface area contributed by atoms with E-state index >= 15 is 0 Å². The van der Waals surface area contributed by atoms with Crippen LogP contribution in [0.2, 0.25) is 5.02 Å². The van der Waals surface area contributed by atoms with Crippen molar-refractivity contribution in [1.82, 2.24) is 5.32 Å². The molecule has 1 aromatic rings. The molecule has 1 amide bonds. The molecule has 0 spiro atoms. The average molecular weight is 312 g/mol. The maximum absolute atomic E-state index is 12.0. The monoisotopic (exact) mass is 311 g/mol. The smallest absolute Gasteiger partial charge is 0.260 e. The summed E-state index contributed by atoms with van der Waals surface area (Å²) in [6.07, 6.45) is 4.08. The van der Waals surface area contributed by atoms with Crippen molar-refractivity contribution in [3.05, 3.63) is 28.3 Å². The summed E-state index contributed by atoms with van der Waals surface area (Å²) in [5, 5.41) is 3.66. The van der Waals surface area contributed by atoms with Crippen molar-refractivity contribution in [1.29, 1.82) is 0 Å². The van der Waals surface area contributed by atoms with Gasteiger partial charge in [-0.1, -0.05) is 37.8 Å². The zero-order valence-corrected chi connectivity index (χ0v) is 14.2. The molecule has 3 nitrogen and oxygen atoms in total. The van der Waals surface area contributed by atoms with Gasteiger partial charge in [0.2, 0.25) is 0 Å². The van der Waals surface area contributed by atoms with Gasteiger partial charge in [-0.2, -0.15) is 0 Å². The largest absolute Gasteiger partial charge is 0.481 e. The summed E-state index contributed by atoms with van der Waals surface area (Å²) in [6, 6.07) is 3.72. The Labute approximate surface area is 133 Å². The molecule has 1 N–H and O–H groups in total. The molecule has 0 saturated carbocycles. The summed E-state index contributed by atoms with van der Waals surface area (Å²) in [5.41, 5.74) is 1.91. The lowest BCUT2D eigenvalue weighted by molar-refractivity contribution is -0.127. The van der Waals surface area contributed by atoms with E-state index in [1.165, 1.54) is 12.8 Å². The Bertz CT molecular complexity index is 451. The molecular weight excluding hydrogens is 286 g/mol. The second kappa shape index (κ2) is 8.93. The minimum absolute atomic E-state index is 0.0724. The first kappa shape index (κ1) is 17.8. The van der Waals surface area contributed by atoms with Crippen LogP contribution in [0.3, 0.4) is 0 Å². The van der Waals surface area contributed by atoms with Crippen LogP contribution in [0.4, 0.5) is 0 Å². The summed E-state index contributed by atoms with van der Waals surface area (Å²) in [4.78, 5) is 12.0. The van der Waals surface area contributed by atoms with Crippen LogP contribution in [-0.4, -0.2) is 18.6 Å². The van der Waals surface area contributed by atoms with Crippen molar-refractivity contribution in [3.63, 3.8) is 0 Å². The first-order chi connectivity index (χ1) is 9.95. The lowest BCUT2D eigenvalue weighted by Gasteiger charge is -2.16. The van der Waals surface area contributed by atoms with E-state index in [0.29, 0.717) is 12.3 Å².